The van der Waals surface area contributed by atoms with Gasteiger partial charge in [-0.1, -0.05) is 6.07 Å². The fourth-order valence-electron chi connectivity index (χ4n) is 2.13. The lowest BCUT2D eigenvalue weighted by Gasteiger charge is -2.06. The quantitative estimate of drug-likeness (QED) is 0.772. The van der Waals surface area contributed by atoms with Crippen molar-refractivity contribution in [3.05, 3.63) is 59.9 Å². The molecule has 0 bridgehead atoms. The van der Waals surface area contributed by atoms with Gasteiger partial charge < -0.3 is 15.6 Å². The maximum Gasteiger partial charge on any atom is 0.356 e. The monoisotopic (exact) mass is 301 g/mol. The van der Waals surface area contributed by atoms with E-state index in [2.05, 4.69) is 4.98 Å². The van der Waals surface area contributed by atoms with Gasteiger partial charge in [-0.05, 0) is 24.3 Å². The van der Waals surface area contributed by atoms with Crippen LogP contribution in [0.2, 0.25) is 0 Å². The third-order valence-corrected chi connectivity index (χ3v) is 3.10. The maximum atomic E-state index is 13.1. The van der Waals surface area contributed by atoms with E-state index in [1.54, 1.807) is 28.8 Å². The van der Waals surface area contributed by atoms with Crippen molar-refractivity contribution in [1.82, 2.24) is 9.38 Å². The Hall–Kier alpha value is -3.09. The van der Waals surface area contributed by atoms with Crippen LogP contribution in [-0.4, -0.2) is 20.5 Å². The number of halogens is 1. The molecule has 0 atom stereocenters. The number of hydrogen-bond acceptors (Lipinski definition) is 4. The Bertz CT molecular complexity index is 860. The molecule has 0 spiro atoms. The van der Waals surface area contributed by atoms with Crippen LogP contribution in [0.25, 0.3) is 5.52 Å². The number of benzene rings is 1. The summed E-state index contributed by atoms with van der Waals surface area (Å²) in [6, 6.07) is 8.85. The second-order valence-corrected chi connectivity index (χ2v) is 4.65. The van der Waals surface area contributed by atoms with E-state index in [4.69, 9.17) is 10.5 Å². The van der Waals surface area contributed by atoms with Crippen LogP contribution in [0.3, 0.4) is 0 Å². The summed E-state index contributed by atoms with van der Waals surface area (Å²) in [5.74, 6) is -0.860. The number of hydrogen-bond donors (Lipinski definition) is 2. The van der Waals surface area contributed by atoms with Gasteiger partial charge in [-0.2, -0.15) is 0 Å². The minimum atomic E-state index is -1.14. The third kappa shape index (κ3) is 2.56. The molecule has 3 rings (SSSR count). The SMILES string of the molecule is Nc1ccc2c(C(=O)O)nc(COc3cccc(F)c3)n2c1. The minimum Gasteiger partial charge on any atom is -0.486 e. The Kier molecular flexibility index (Phi) is 3.38. The van der Waals surface area contributed by atoms with Gasteiger partial charge in [0.2, 0.25) is 0 Å². The number of pyridine rings is 1. The Morgan fingerprint density at radius 1 is 1.36 bits per heavy atom. The molecule has 0 aliphatic rings. The van der Waals surface area contributed by atoms with Crippen molar-refractivity contribution in [1.29, 1.82) is 0 Å². The fraction of sp³-hybridized carbons (Fsp3) is 0.0667. The zero-order valence-electron chi connectivity index (χ0n) is 11.4. The van der Waals surface area contributed by atoms with Crippen LogP contribution in [0, 0.1) is 5.82 Å². The van der Waals surface area contributed by atoms with Crippen molar-refractivity contribution >= 4 is 17.2 Å². The molecule has 112 valence electrons. The molecule has 22 heavy (non-hydrogen) atoms. The summed E-state index contributed by atoms with van der Waals surface area (Å²) in [5.41, 5.74) is 6.52. The number of aromatic nitrogens is 2. The summed E-state index contributed by atoms with van der Waals surface area (Å²) >= 11 is 0. The number of carboxylic acid groups (broad SMARTS) is 1. The standard InChI is InChI=1S/C15H12FN3O3/c16-9-2-1-3-11(6-9)22-8-13-18-14(15(20)21)12-5-4-10(17)7-19(12)13/h1-7H,8,17H2,(H,20,21). The highest BCUT2D eigenvalue weighted by Crippen LogP contribution is 2.18. The predicted octanol–water partition coefficient (Wildman–Crippen LogP) is 2.33. The van der Waals surface area contributed by atoms with Crippen molar-refractivity contribution in [3.63, 3.8) is 0 Å². The smallest absolute Gasteiger partial charge is 0.356 e. The van der Waals surface area contributed by atoms with Crippen molar-refractivity contribution in [2.45, 2.75) is 6.61 Å². The summed E-state index contributed by atoms with van der Waals surface area (Å²) in [4.78, 5) is 15.3. The van der Waals surface area contributed by atoms with Crippen molar-refractivity contribution < 1.29 is 19.0 Å². The van der Waals surface area contributed by atoms with Gasteiger partial charge in [0, 0.05) is 18.0 Å². The number of carbonyl (C=O) groups is 1. The van der Waals surface area contributed by atoms with E-state index >= 15 is 0 Å². The highest BCUT2D eigenvalue weighted by atomic mass is 19.1. The Labute approximate surface area is 124 Å². The average Bonchev–Trinajstić information content (AvgIpc) is 2.83. The first-order valence-electron chi connectivity index (χ1n) is 6.43. The van der Waals surface area contributed by atoms with Crippen LogP contribution in [-0.2, 0) is 6.61 Å². The summed E-state index contributed by atoms with van der Waals surface area (Å²) in [6.07, 6.45) is 1.57. The van der Waals surface area contributed by atoms with E-state index in [0.29, 0.717) is 22.8 Å². The Morgan fingerprint density at radius 2 is 2.18 bits per heavy atom. The zero-order valence-corrected chi connectivity index (χ0v) is 11.4. The van der Waals surface area contributed by atoms with E-state index in [9.17, 15) is 14.3 Å². The number of rotatable bonds is 4. The van der Waals surface area contributed by atoms with Crippen molar-refractivity contribution in [2.24, 2.45) is 0 Å². The third-order valence-electron chi connectivity index (χ3n) is 3.10. The molecule has 6 nitrogen and oxygen atoms in total. The molecular weight excluding hydrogens is 289 g/mol. The zero-order chi connectivity index (χ0) is 15.7. The lowest BCUT2D eigenvalue weighted by molar-refractivity contribution is 0.0693. The van der Waals surface area contributed by atoms with Crippen LogP contribution in [0.4, 0.5) is 10.1 Å². The van der Waals surface area contributed by atoms with Gasteiger partial charge >= 0.3 is 5.97 Å². The molecule has 3 N–H and O–H groups in total. The van der Waals surface area contributed by atoms with Crippen LogP contribution < -0.4 is 10.5 Å². The van der Waals surface area contributed by atoms with Crippen LogP contribution in [0.1, 0.15) is 16.3 Å². The topological polar surface area (TPSA) is 89.9 Å². The van der Waals surface area contributed by atoms with E-state index in [-0.39, 0.29) is 12.3 Å². The van der Waals surface area contributed by atoms with Gasteiger partial charge in [-0.15, -0.1) is 0 Å². The number of nitrogens with zero attached hydrogens (tertiary/aromatic N) is 2. The lowest BCUT2D eigenvalue weighted by Crippen LogP contribution is -2.02. The van der Waals surface area contributed by atoms with E-state index < -0.39 is 11.8 Å². The molecule has 0 saturated carbocycles. The molecule has 2 heterocycles. The molecule has 0 fully saturated rings. The van der Waals surface area contributed by atoms with Gasteiger partial charge in [0.1, 0.15) is 18.2 Å². The van der Waals surface area contributed by atoms with E-state index in [1.165, 1.54) is 18.2 Å². The highest BCUT2D eigenvalue weighted by Gasteiger charge is 2.17. The molecule has 0 radical (unpaired) electrons. The Morgan fingerprint density at radius 3 is 2.91 bits per heavy atom. The molecular formula is C15H12FN3O3. The fourth-order valence-corrected chi connectivity index (χ4v) is 2.13. The van der Waals surface area contributed by atoms with Crippen molar-refractivity contribution in [2.75, 3.05) is 5.73 Å². The van der Waals surface area contributed by atoms with Crippen molar-refractivity contribution in [3.8, 4) is 5.75 Å². The first-order chi connectivity index (χ1) is 10.5. The number of fused-ring (bicyclic) bond motifs is 1. The number of aromatic carboxylic acids is 1. The molecule has 2 aromatic heterocycles. The molecule has 0 amide bonds. The number of imidazole rings is 1. The molecule has 3 aromatic rings. The molecule has 0 aliphatic heterocycles. The predicted molar refractivity (Wildman–Crippen MR) is 77.3 cm³/mol. The first-order valence-corrected chi connectivity index (χ1v) is 6.43. The number of ether oxygens (including phenoxy) is 1. The number of anilines is 1. The van der Waals surface area contributed by atoms with Gasteiger partial charge in [-0.25, -0.2) is 14.2 Å². The second kappa shape index (κ2) is 5.36. The summed E-state index contributed by atoms with van der Waals surface area (Å²) in [7, 11) is 0. The number of carboxylic acids is 1. The average molecular weight is 301 g/mol. The highest BCUT2D eigenvalue weighted by molar-refractivity contribution is 5.93. The van der Waals surface area contributed by atoms with E-state index in [1.807, 2.05) is 0 Å². The lowest BCUT2D eigenvalue weighted by atomic mass is 10.3. The van der Waals surface area contributed by atoms with Gasteiger partial charge in [0.15, 0.2) is 11.5 Å². The molecule has 7 heteroatoms. The number of nitrogen functional groups attached to an aromatic ring is 1. The molecule has 1 aromatic carbocycles. The summed E-state index contributed by atoms with van der Waals surface area (Å²) < 4.78 is 20.1. The van der Waals surface area contributed by atoms with Gasteiger partial charge in [0.05, 0.1) is 5.52 Å². The normalized spacial score (nSPS) is 10.8. The van der Waals surface area contributed by atoms with Gasteiger partial charge in [0.25, 0.3) is 0 Å². The van der Waals surface area contributed by atoms with Crippen LogP contribution >= 0.6 is 0 Å². The second-order valence-electron chi connectivity index (χ2n) is 4.65. The largest absolute Gasteiger partial charge is 0.486 e. The first kappa shape index (κ1) is 13.9. The molecule has 0 unspecified atom stereocenters. The summed E-state index contributed by atoms with van der Waals surface area (Å²) in [5, 5.41) is 9.19. The number of nitrogens with two attached hydrogens (primary N) is 1. The van der Waals surface area contributed by atoms with Crippen LogP contribution in [0.15, 0.2) is 42.6 Å². The molecule has 0 saturated heterocycles. The summed E-state index contributed by atoms with van der Waals surface area (Å²) in [6.45, 7) is -0.0125. The van der Waals surface area contributed by atoms with Crippen LogP contribution in [0.5, 0.6) is 5.75 Å². The van der Waals surface area contributed by atoms with Gasteiger partial charge in [-0.3, -0.25) is 4.40 Å². The van der Waals surface area contributed by atoms with E-state index in [0.717, 1.165) is 0 Å². The molecule has 0 aliphatic carbocycles. The minimum absolute atomic E-state index is 0.0125. The Balaban J connectivity index is 1.96. The maximum absolute atomic E-state index is 13.1.